The number of ether oxygens (including phenoxy) is 1. The fraction of sp³-hybridized carbons (Fsp3) is 0.182. The van der Waals surface area contributed by atoms with Crippen molar-refractivity contribution in [1.29, 1.82) is 0 Å². The Morgan fingerprint density at radius 1 is 1.00 bits per heavy atom. The molecule has 2 heterocycles. The quantitative estimate of drug-likeness (QED) is 0.549. The molecule has 0 bridgehead atoms. The van der Waals surface area contributed by atoms with Crippen LogP contribution in [0.15, 0.2) is 41.2 Å². The maximum atomic E-state index is 12.7. The molecule has 0 atom stereocenters. The Morgan fingerprint density at radius 3 is 2.06 bits per heavy atom. The van der Waals surface area contributed by atoms with E-state index in [4.69, 9.17) is 27.9 Å². The molecule has 0 saturated heterocycles. The lowest BCUT2D eigenvalue weighted by molar-refractivity contribution is 0.0926. The fourth-order valence-electron chi connectivity index (χ4n) is 3.62. The molecule has 2 aromatic carbocycles. The van der Waals surface area contributed by atoms with Gasteiger partial charge in [-0.05, 0) is 37.1 Å². The molecule has 1 N–H and O–H groups in total. The van der Waals surface area contributed by atoms with Crippen molar-refractivity contribution in [2.75, 3.05) is 4.90 Å². The molecule has 3 aromatic rings. The highest BCUT2D eigenvalue weighted by Gasteiger charge is 2.37. The summed E-state index contributed by atoms with van der Waals surface area (Å²) in [5, 5.41) is 6.53. The lowest BCUT2D eigenvalue weighted by atomic mass is 10.0. The molecular weight excluding hydrogens is 441 g/mol. The van der Waals surface area contributed by atoms with E-state index in [0.717, 1.165) is 4.90 Å². The van der Waals surface area contributed by atoms with Crippen molar-refractivity contribution in [2.24, 2.45) is 0 Å². The number of nitrogens with one attached hydrogen (secondary N) is 1. The van der Waals surface area contributed by atoms with Crippen molar-refractivity contribution in [1.82, 2.24) is 10.2 Å². The largest absolute Gasteiger partial charge is 0.434 e. The molecule has 0 fully saturated rings. The van der Waals surface area contributed by atoms with Gasteiger partial charge < -0.3 is 4.74 Å². The lowest BCUT2D eigenvalue weighted by Crippen LogP contribution is -2.29. The third-order valence-electron chi connectivity index (χ3n) is 5.04. The first-order chi connectivity index (χ1) is 14.7. The summed E-state index contributed by atoms with van der Waals surface area (Å²) in [7, 11) is 0. The smallest absolute Gasteiger partial charge is 0.268 e. The van der Waals surface area contributed by atoms with E-state index in [1.54, 1.807) is 31.2 Å². The monoisotopic (exact) mass is 457 g/mol. The molecule has 9 heteroatoms. The summed E-state index contributed by atoms with van der Waals surface area (Å²) in [5.74, 6) is -0.708. The van der Waals surface area contributed by atoms with Gasteiger partial charge in [0.2, 0.25) is 5.88 Å². The van der Waals surface area contributed by atoms with Crippen LogP contribution in [0.4, 0.5) is 5.69 Å². The van der Waals surface area contributed by atoms with Crippen LogP contribution in [0.3, 0.4) is 0 Å². The lowest BCUT2D eigenvalue weighted by Gasteiger charge is -2.18. The number of aromatic amines is 1. The summed E-state index contributed by atoms with van der Waals surface area (Å²) in [6, 6.07) is 9.41. The zero-order valence-corrected chi connectivity index (χ0v) is 18.3. The van der Waals surface area contributed by atoms with Gasteiger partial charge in [0.05, 0.1) is 26.9 Å². The topological polar surface area (TPSA) is 92.4 Å². The summed E-state index contributed by atoms with van der Waals surface area (Å²) in [6.07, 6.45) is 0. The molecule has 7 nitrogen and oxygen atoms in total. The number of imide groups is 1. The molecule has 0 unspecified atom stereocenters. The molecule has 158 valence electrons. The highest BCUT2D eigenvalue weighted by atomic mass is 35.5. The Morgan fingerprint density at radius 2 is 1.55 bits per heavy atom. The number of H-pyrrole nitrogens is 1. The van der Waals surface area contributed by atoms with Gasteiger partial charge in [0, 0.05) is 11.1 Å². The number of carbonyl (C=O) groups excluding carboxylic acids is 2. The van der Waals surface area contributed by atoms with Gasteiger partial charge in [-0.2, -0.15) is 0 Å². The first-order valence-corrected chi connectivity index (χ1v) is 10.2. The van der Waals surface area contributed by atoms with Crippen LogP contribution in [0.5, 0.6) is 11.6 Å². The Labute approximate surface area is 187 Å². The normalized spacial score (nSPS) is 13.2. The summed E-state index contributed by atoms with van der Waals surface area (Å²) < 4.78 is 5.82. The average Bonchev–Trinajstić information content (AvgIpc) is 2.96. The van der Waals surface area contributed by atoms with E-state index in [2.05, 4.69) is 10.2 Å². The highest BCUT2D eigenvalue weighted by molar-refractivity contribution is 6.39. The van der Waals surface area contributed by atoms with Crippen molar-refractivity contribution >= 4 is 40.7 Å². The van der Waals surface area contributed by atoms with E-state index < -0.39 is 11.8 Å². The Hall–Kier alpha value is -3.16. The molecule has 4 rings (SSSR count). The van der Waals surface area contributed by atoms with Gasteiger partial charge in [-0.15, -0.1) is 5.10 Å². The molecule has 0 aliphatic carbocycles. The molecule has 0 radical (unpaired) electrons. The number of carbonyl (C=O) groups is 2. The van der Waals surface area contributed by atoms with E-state index in [1.165, 1.54) is 12.1 Å². The van der Waals surface area contributed by atoms with Crippen LogP contribution < -0.4 is 15.2 Å². The second kappa shape index (κ2) is 7.83. The minimum absolute atomic E-state index is 0.0451. The van der Waals surface area contributed by atoms with Gasteiger partial charge in [-0.1, -0.05) is 49.2 Å². The number of anilines is 1. The van der Waals surface area contributed by atoms with Crippen LogP contribution in [-0.4, -0.2) is 22.0 Å². The van der Waals surface area contributed by atoms with Crippen molar-refractivity contribution < 1.29 is 14.3 Å². The Kier molecular flexibility index (Phi) is 5.33. The van der Waals surface area contributed by atoms with Crippen molar-refractivity contribution in [2.45, 2.75) is 26.7 Å². The summed E-state index contributed by atoms with van der Waals surface area (Å²) in [6.45, 7) is 5.50. The van der Waals surface area contributed by atoms with Crippen LogP contribution in [0, 0.1) is 6.92 Å². The SMILES string of the molecule is Cc1c(Oc2c(Cl)cc(N3C(=O)c4ccccc4C3=O)cc2Cl)n[nH]c(=O)c1C(C)C. The predicted octanol–water partition coefficient (Wildman–Crippen LogP) is 5.10. The van der Waals surface area contributed by atoms with Gasteiger partial charge in [-0.25, -0.2) is 10.00 Å². The van der Waals surface area contributed by atoms with Crippen LogP contribution in [0.2, 0.25) is 10.0 Å². The summed E-state index contributed by atoms with van der Waals surface area (Å²) in [4.78, 5) is 38.5. The van der Waals surface area contributed by atoms with Gasteiger partial charge in [0.15, 0.2) is 5.75 Å². The molecule has 1 aliphatic rings. The number of hydrogen-bond acceptors (Lipinski definition) is 5. The number of halogens is 2. The standard InChI is InChI=1S/C22H17Cl2N3O4/c1-10(2)17-11(3)20(26-25-19(17)28)31-18-15(23)8-12(9-16(18)24)27-21(29)13-6-4-5-7-14(13)22(27)30/h4-10H,1-3H3,(H,25,28). The fourth-order valence-corrected chi connectivity index (χ4v) is 4.17. The van der Waals surface area contributed by atoms with Gasteiger partial charge in [0.1, 0.15) is 0 Å². The second-order valence-corrected chi connectivity index (χ2v) is 8.20. The number of aromatic nitrogens is 2. The van der Waals surface area contributed by atoms with E-state index in [9.17, 15) is 14.4 Å². The van der Waals surface area contributed by atoms with Crippen LogP contribution in [-0.2, 0) is 0 Å². The van der Waals surface area contributed by atoms with E-state index >= 15 is 0 Å². The third-order valence-corrected chi connectivity index (χ3v) is 5.60. The minimum Gasteiger partial charge on any atom is -0.434 e. The maximum absolute atomic E-state index is 12.7. The molecule has 1 aromatic heterocycles. The third kappa shape index (κ3) is 3.49. The summed E-state index contributed by atoms with van der Waals surface area (Å²) in [5.41, 5.74) is 1.67. The van der Waals surface area contributed by atoms with Gasteiger partial charge >= 0.3 is 0 Å². The zero-order valence-electron chi connectivity index (χ0n) is 16.8. The van der Waals surface area contributed by atoms with E-state index in [-0.39, 0.29) is 38.8 Å². The van der Waals surface area contributed by atoms with Crippen LogP contribution in [0.25, 0.3) is 0 Å². The van der Waals surface area contributed by atoms with Crippen molar-refractivity contribution in [3.05, 3.63) is 79.1 Å². The second-order valence-electron chi connectivity index (χ2n) is 7.38. The molecule has 0 spiro atoms. The van der Waals surface area contributed by atoms with Crippen LogP contribution in [0.1, 0.15) is 51.6 Å². The molecule has 2 amide bonds. The first kappa shape index (κ1) is 21.1. The number of rotatable bonds is 4. The highest BCUT2D eigenvalue weighted by Crippen LogP contribution is 2.41. The Balaban J connectivity index is 1.72. The number of amides is 2. The Bertz CT molecular complexity index is 1240. The van der Waals surface area contributed by atoms with Gasteiger partial charge in [-0.3, -0.25) is 14.4 Å². The number of hydrogen-bond donors (Lipinski definition) is 1. The van der Waals surface area contributed by atoms with Crippen molar-refractivity contribution in [3.8, 4) is 11.6 Å². The maximum Gasteiger partial charge on any atom is 0.268 e. The van der Waals surface area contributed by atoms with Crippen molar-refractivity contribution in [3.63, 3.8) is 0 Å². The zero-order chi connectivity index (χ0) is 22.4. The first-order valence-electron chi connectivity index (χ1n) is 9.44. The molecule has 31 heavy (non-hydrogen) atoms. The summed E-state index contributed by atoms with van der Waals surface area (Å²) >= 11 is 12.8. The number of benzene rings is 2. The number of nitrogens with zero attached hydrogens (tertiary/aromatic N) is 2. The minimum atomic E-state index is -0.457. The van der Waals surface area contributed by atoms with Gasteiger partial charge in [0.25, 0.3) is 17.4 Å². The van der Waals surface area contributed by atoms with Crippen LogP contribution >= 0.6 is 23.2 Å². The predicted molar refractivity (Wildman–Crippen MR) is 118 cm³/mol. The molecular formula is C22H17Cl2N3O4. The van der Waals surface area contributed by atoms with E-state index in [1.807, 2.05) is 13.8 Å². The molecule has 1 aliphatic heterocycles. The average molecular weight is 458 g/mol. The van der Waals surface area contributed by atoms with E-state index in [0.29, 0.717) is 22.3 Å². The number of fused-ring (bicyclic) bond motifs is 1. The molecule has 0 saturated carbocycles.